The average molecular weight is 471 g/mol. The van der Waals surface area contributed by atoms with Crippen molar-refractivity contribution >= 4 is 17.5 Å². The van der Waals surface area contributed by atoms with E-state index < -0.39 is 0 Å². The Balaban J connectivity index is 1.35. The Morgan fingerprint density at radius 3 is 2.52 bits per heavy atom. The smallest absolute Gasteiger partial charge is 0.257 e. The molecule has 0 aromatic heterocycles. The second-order valence-electron chi connectivity index (χ2n) is 9.91. The number of halogens is 1. The van der Waals surface area contributed by atoms with E-state index in [0.717, 1.165) is 57.9 Å². The number of hydrogen-bond acceptors (Lipinski definition) is 4. The maximum Gasteiger partial charge on any atom is 0.257 e. The van der Waals surface area contributed by atoms with Crippen LogP contribution in [0.5, 0.6) is 11.5 Å². The number of piperidine rings is 1. The minimum atomic E-state index is 0.0319. The van der Waals surface area contributed by atoms with Crippen LogP contribution in [0.1, 0.15) is 49.0 Å². The highest BCUT2D eigenvalue weighted by atomic mass is 35.5. The van der Waals surface area contributed by atoms with Crippen molar-refractivity contribution in [2.24, 2.45) is 11.3 Å². The maximum atomic E-state index is 13.1. The van der Waals surface area contributed by atoms with Gasteiger partial charge in [0.15, 0.2) is 0 Å². The van der Waals surface area contributed by atoms with E-state index in [1.807, 2.05) is 11.0 Å². The summed E-state index contributed by atoms with van der Waals surface area (Å²) < 4.78 is 11.5. The molecule has 2 heterocycles. The SMILES string of the molecule is COc1cc(Cl)ccc1C(=O)N1CCC2(CCN(Cc3ccccc3OCC(C)C)C2)CC1. The zero-order chi connectivity index (χ0) is 23.4. The molecule has 2 saturated heterocycles. The van der Waals surface area contributed by atoms with Crippen molar-refractivity contribution in [3.05, 3.63) is 58.6 Å². The molecule has 0 aliphatic carbocycles. The standard InChI is InChI=1S/C27H35ClN2O3/c1-20(2)18-33-24-7-5-4-6-21(24)17-29-13-10-27(19-29)11-14-30(15-12-27)26(31)23-9-8-22(28)16-25(23)32-3/h4-9,16,20H,10-15,17-19H2,1-3H3. The van der Waals surface area contributed by atoms with E-state index in [-0.39, 0.29) is 5.91 Å². The van der Waals surface area contributed by atoms with Crippen molar-refractivity contribution in [1.82, 2.24) is 9.80 Å². The molecule has 4 rings (SSSR count). The van der Waals surface area contributed by atoms with Gasteiger partial charge >= 0.3 is 0 Å². The summed E-state index contributed by atoms with van der Waals surface area (Å²) in [5.74, 6) is 2.08. The van der Waals surface area contributed by atoms with E-state index in [4.69, 9.17) is 21.1 Å². The van der Waals surface area contributed by atoms with Gasteiger partial charge in [-0.2, -0.15) is 0 Å². The molecule has 0 N–H and O–H groups in total. The largest absolute Gasteiger partial charge is 0.496 e. The van der Waals surface area contributed by atoms with Gasteiger partial charge in [-0.05, 0) is 61.4 Å². The van der Waals surface area contributed by atoms with Crippen LogP contribution < -0.4 is 9.47 Å². The number of ether oxygens (including phenoxy) is 2. The molecule has 0 bridgehead atoms. The summed E-state index contributed by atoms with van der Waals surface area (Å²) in [4.78, 5) is 17.6. The Morgan fingerprint density at radius 1 is 1.06 bits per heavy atom. The Hall–Kier alpha value is -2.24. The number of nitrogens with zero attached hydrogens (tertiary/aromatic N) is 2. The van der Waals surface area contributed by atoms with Crippen molar-refractivity contribution in [1.29, 1.82) is 0 Å². The monoisotopic (exact) mass is 470 g/mol. The van der Waals surface area contributed by atoms with Gasteiger partial charge in [-0.15, -0.1) is 0 Å². The highest BCUT2D eigenvalue weighted by Crippen LogP contribution is 2.41. The van der Waals surface area contributed by atoms with Crippen LogP contribution in [-0.4, -0.2) is 55.6 Å². The minimum absolute atomic E-state index is 0.0319. The summed E-state index contributed by atoms with van der Waals surface area (Å²) in [5, 5.41) is 0.572. The minimum Gasteiger partial charge on any atom is -0.496 e. The Bertz CT molecular complexity index is 970. The van der Waals surface area contributed by atoms with Gasteiger partial charge in [-0.3, -0.25) is 9.69 Å². The second-order valence-corrected chi connectivity index (χ2v) is 10.3. The van der Waals surface area contributed by atoms with E-state index in [1.165, 1.54) is 12.0 Å². The molecular weight excluding hydrogens is 436 g/mol. The topological polar surface area (TPSA) is 42.0 Å². The molecule has 5 nitrogen and oxygen atoms in total. The first-order valence-corrected chi connectivity index (χ1v) is 12.3. The molecule has 2 aliphatic heterocycles. The van der Waals surface area contributed by atoms with Crippen LogP contribution in [0.3, 0.4) is 0 Å². The van der Waals surface area contributed by atoms with E-state index in [9.17, 15) is 4.79 Å². The van der Waals surface area contributed by atoms with Crippen LogP contribution in [0.25, 0.3) is 0 Å². The molecule has 2 aliphatic rings. The second kappa shape index (κ2) is 10.4. The fraction of sp³-hybridized carbons (Fsp3) is 0.519. The van der Waals surface area contributed by atoms with Crippen molar-refractivity contribution in [3.8, 4) is 11.5 Å². The van der Waals surface area contributed by atoms with Crippen molar-refractivity contribution in [2.45, 2.75) is 39.7 Å². The molecule has 0 unspecified atom stereocenters. The van der Waals surface area contributed by atoms with Crippen LogP contribution in [-0.2, 0) is 6.54 Å². The number of likely N-dealkylation sites (tertiary alicyclic amines) is 2. The normalized spacial score (nSPS) is 18.2. The van der Waals surface area contributed by atoms with E-state index in [2.05, 4.69) is 36.9 Å². The third-order valence-corrected chi connectivity index (χ3v) is 7.20. The van der Waals surface area contributed by atoms with Gasteiger partial charge in [-0.25, -0.2) is 0 Å². The summed E-state index contributed by atoms with van der Waals surface area (Å²) in [6, 6.07) is 13.6. The van der Waals surface area contributed by atoms with Gasteiger partial charge in [0.25, 0.3) is 5.91 Å². The fourth-order valence-electron chi connectivity index (χ4n) is 5.04. The molecule has 33 heavy (non-hydrogen) atoms. The predicted molar refractivity (Wildman–Crippen MR) is 132 cm³/mol. The van der Waals surface area contributed by atoms with Crippen LogP contribution >= 0.6 is 11.6 Å². The van der Waals surface area contributed by atoms with Gasteiger partial charge in [0.2, 0.25) is 0 Å². The number of amides is 1. The van der Waals surface area contributed by atoms with Gasteiger partial charge < -0.3 is 14.4 Å². The molecule has 2 fully saturated rings. The van der Waals surface area contributed by atoms with E-state index >= 15 is 0 Å². The summed E-state index contributed by atoms with van der Waals surface area (Å²) in [6.07, 6.45) is 3.27. The number of rotatable bonds is 7. The molecule has 0 radical (unpaired) electrons. The van der Waals surface area contributed by atoms with Crippen LogP contribution in [0.4, 0.5) is 0 Å². The highest BCUT2D eigenvalue weighted by Gasteiger charge is 2.41. The average Bonchev–Trinajstić information content (AvgIpc) is 3.20. The number of benzene rings is 2. The number of methoxy groups -OCH3 is 1. The maximum absolute atomic E-state index is 13.1. The summed E-state index contributed by atoms with van der Waals surface area (Å²) in [7, 11) is 1.58. The molecule has 0 atom stereocenters. The van der Waals surface area contributed by atoms with Crippen LogP contribution in [0.15, 0.2) is 42.5 Å². The predicted octanol–water partition coefficient (Wildman–Crippen LogP) is 5.51. The molecule has 2 aromatic rings. The first-order chi connectivity index (χ1) is 15.9. The molecule has 6 heteroatoms. The summed E-state index contributed by atoms with van der Waals surface area (Å²) >= 11 is 6.06. The molecule has 0 saturated carbocycles. The lowest BCUT2D eigenvalue weighted by Gasteiger charge is -2.39. The van der Waals surface area contributed by atoms with Crippen molar-refractivity contribution < 1.29 is 14.3 Å². The highest BCUT2D eigenvalue weighted by molar-refractivity contribution is 6.30. The zero-order valence-corrected chi connectivity index (χ0v) is 20.7. The molecule has 1 spiro atoms. The van der Waals surface area contributed by atoms with E-state index in [1.54, 1.807) is 25.3 Å². The van der Waals surface area contributed by atoms with Gasteiger partial charge in [0.1, 0.15) is 11.5 Å². The Kier molecular flexibility index (Phi) is 7.50. The van der Waals surface area contributed by atoms with Gasteiger partial charge in [-0.1, -0.05) is 43.6 Å². The van der Waals surface area contributed by atoms with Crippen LogP contribution in [0, 0.1) is 11.3 Å². The molecule has 2 aromatic carbocycles. The lowest BCUT2D eigenvalue weighted by molar-refractivity contribution is 0.0584. The van der Waals surface area contributed by atoms with Crippen LogP contribution in [0.2, 0.25) is 5.02 Å². The lowest BCUT2D eigenvalue weighted by atomic mass is 9.77. The van der Waals surface area contributed by atoms with E-state index in [0.29, 0.717) is 27.7 Å². The molecule has 178 valence electrons. The number of carbonyl (C=O) groups excluding carboxylic acids is 1. The fourth-order valence-corrected chi connectivity index (χ4v) is 5.20. The van der Waals surface area contributed by atoms with Crippen molar-refractivity contribution in [3.63, 3.8) is 0 Å². The quantitative estimate of drug-likeness (QED) is 0.535. The van der Waals surface area contributed by atoms with Gasteiger partial charge in [0.05, 0.1) is 19.3 Å². The first kappa shape index (κ1) is 23.9. The molecular formula is C27H35ClN2O3. The summed E-state index contributed by atoms with van der Waals surface area (Å²) in [6.45, 7) is 9.75. The van der Waals surface area contributed by atoms with Crippen molar-refractivity contribution in [2.75, 3.05) is 39.9 Å². The zero-order valence-electron chi connectivity index (χ0n) is 20.0. The number of carbonyl (C=O) groups is 1. The third-order valence-electron chi connectivity index (χ3n) is 6.96. The number of para-hydroxylation sites is 1. The Labute approximate surface area is 202 Å². The lowest BCUT2D eigenvalue weighted by Crippen LogP contribution is -2.44. The Morgan fingerprint density at radius 2 is 1.79 bits per heavy atom. The summed E-state index contributed by atoms with van der Waals surface area (Å²) in [5.41, 5.74) is 2.15. The third kappa shape index (κ3) is 5.64. The van der Waals surface area contributed by atoms with Gasteiger partial charge in [0, 0.05) is 36.8 Å². The first-order valence-electron chi connectivity index (χ1n) is 11.9. The molecule has 1 amide bonds. The number of hydrogen-bond donors (Lipinski definition) is 0.